The molecule has 3 rings (SSSR count). The second-order valence-electron chi connectivity index (χ2n) is 5.93. The lowest BCUT2D eigenvalue weighted by molar-refractivity contribution is 1.41. The first-order valence-corrected chi connectivity index (χ1v) is 9.04. The Balaban J connectivity index is 1.87. The van der Waals surface area contributed by atoms with Crippen molar-refractivity contribution in [2.75, 3.05) is 0 Å². The van der Waals surface area contributed by atoms with Gasteiger partial charge in [-0.2, -0.15) is 0 Å². The molecule has 0 heterocycles. The Morgan fingerprint density at radius 1 is 0.708 bits per heavy atom. The van der Waals surface area contributed by atoms with Crippen molar-refractivity contribution >= 4 is 17.7 Å². The number of rotatable bonds is 5. The van der Waals surface area contributed by atoms with Crippen molar-refractivity contribution in [1.82, 2.24) is 0 Å². The number of nitrogens with zero attached hydrogens (tertiary/aromatic N) is 1. The molecule has 0 N–H and O–H groups in total. The molecule has 120 valence electrons. The summed E-state index contributed by atoms with van der Waals surface area (Å²) < 4.78 is 4.85. The van der Waals surface area contributed by atoms with Gasteiger partial charge in [0.2, 0.25) is 0 Å². The molecular formula is C22H21NS. The van der Waals surface area contributed by atoms with Gasteiger partial charge >= 0.3 is 0 Å². The zero-order valence-corrected chi connectivity index (χ0v) is 14.9. The van der Waals surface area contributed by atoms with E-state index in [1.165, 1.54) is 16.7 Å². The zero-order chi connectivity index (χ0) is 16.8. The maximum absolute atomic E-state index is 4.85. The largest absolute Gasteiger partial charge is 0.215 e. The van der Waals surface area contributed by atoms with Crippen LogP contribution >= 0.6 is 11.9 Å². The van der Waals surface area contributed by atoms with Crippen LogP contribution in [0.15, 0.2) is 83.3 Å². The minimum Gasteiger partial charge on any atom is -0.215 e. The summed E-state index contributed by atoms with van der Waals surface area (Å²) in [6, 6.07) is 27.6. The molecule has 0 aliphatic heterocycles. The quantitative estimate of drug-likeness (QED) is 0.413. The normalized spacial score (nSPS) is 10.4. The molecule has 0 saturated carbocycles. The smallest absolute Gasteiger partial charge is 0.0857 e. The van der Waals surface area contributed by atoms with Gasteiger partial charge in [-0.15, -0.1) is 0 Å². The van der Waals surface area contributed by atoms with Crippen molar-refractivity contribution in [3.05, 3.63) is 107 Å². The van der Waals surface area contributed by atoms with E-state index in [-0.39, 0.29) is 0 Å². The van der Waals surface area contributed by atoms with Crippen LogP contribution in [0, 0.1) is 13.8 Å². The van der Waals surface area contributed by atoms with Crippen LogP contribution < -0.4 is 0 Å². The highest BCUT2D eigenvalue weighted by molar-refractivity contribution is 7.97. The van der Waals surface area contributed by atoms with Gasteiger partial charge in [-0.25, -0.2) is 4.40 Å². The molecule has 0 saturated heterocycles. The van der Waals surface area contributed by atoms with Crippen LogP contribution in [0.3, 0.4) is 0 Å². The van der Waals surface area contributed by atoms with Crippen LogP contribution in [0.2, 0.25) is 0 Å². The summed E-state index contributed by atoms with van der Waals surface area (Å²) in [7, 11) is 0. The molecule has 0 fully saturated rings. The van der Waals surface area contributed by atoms with Crippen molar-refractivity contribution < 1.29 is 0 Å². The van der Waals surface area contributed by atoms with Gasteiger partial charge in [0.05, 0.1) is 5.71 Å². The maximum Gasteiger partial charge on any atom is 0.0857 e. The fraction of sp³-hybridized carbons (Fsp3) is 0.136. The summed E-state index contributed by atoms with van der Waals surface area (Å²) in [5.74, 6) is 0.877. The van der Waals surface area contributed by atoms with E-state index in [0.29, 0.717) is 0 Å². The zero-order valence-electron chi connectivity index (χ0n) is 14.1. The molecule has 0 amide bonds. The number of hydrogen-bond acceptors (Lipinski definition) is 2. The first-order valence-electron chi connectivity index (χ1n) is 8.10. The van der Waals surface area contributed by atoms with Crippen molar-refractivity contribution in [3.8, 4) is 0 Å². The lowest BCUT2D eigenvalue weighted by atomic mass is 10.0. The van der Waals surface area contributed by atoms with Crippen LogP contribution in [0.1, 0.15) is 27.8 Å². The Bertz CT molecular complexity index is 755. The topological polar surface area (TPSA) is 12.4 Å². The second-order valence-corrected chi connectivity index (χ2v) is 6.66. The predicted octanol–water partition coefficient (Wildman–Crippen LogP) is 5.99. The van der Waals surface area contributed by atoms with E-state index in [4.69, 9.17) is 4.40 Å². The van der Waals surface area contributed by atoms with E-state index < -0.39 is 0 Å². The summed E-state index contributed by atoms with van der Waals surface area (Å²) in [6.45, 7) is 4.22. The van der Waals surface area contributed by atoms with E-state index in [1.54, 1.807) is 11.9 Å². The molecule has 2 heteroatoms. The van der Waals surface area contributed by atoms with Gasteiger partial charge in [0, 0.05) is 16.9 Å². The minimum absolute atomic E-state index is 0.877. The van der Waals surface area contributed by atoms with Gasteiger partial charge in [0.15, 0.2) is 0 Å². The third-order valence-corrected chi connectivity index (χ3v) is 4.65. The van der Waals surface area contributed by atoms with E-state index in [0.717, 1.165) is 22.6 Å². The molecule has 0 aromatic heterocycles. The molecule has 0 aliphatic carbocycles. The molecule has 24 heavy (non-hydrogen) atoms. The van der Waals surface area contributed by atoms with E-state index >= 15 is 0 Å². The molecule has 0 bridgehead atoms. The standard InChI is InChI=1S/C22H21NS/c1-17-8-12-20(13-9-17)22(21-14-10-18(2)11-15-21)23-24-16-19-6-4-3-5-7-19/h3-15H,16H2,1-2H3. The van der Waals surface area contributed by atoms with Gasteiger partial charge in [0.25, 0.3) is 0 Å². The second kappa shape index (κ2) is 7.98. The average molecular weight is 331 g/mol. The highest BCUT2D eigenvalue weighted by Gasteiger charge is 2.07. The Labute approximate surface area is 148 Å². The van der Waals surface area contributed by atoms with Crippen LogP contribution in [-0.4, -0.2) is 5.71 Å². The van der Waals surface area contributed by atoms with E-state index in [9.17, 15) is 0 Å². The Morgan fingerprint density at radius 3 is 1.71 bits per heavy atom. The summed E-state index contributed by atoms with van der Waals surface area (Å²) in [5, 5.41) is 0. The van der Waals surface area contributed by atoms with E-state index in [2.05, 4.69) is 86.6 Å². The Kier molecular flexibility index (Phi) is 5.50. The Hall–Kier alpha value is -2.32. The fourth-order valence-corrected chi connectivity index (χ4v) is 3.19. The lowest BCUT2D eigenvalue weighted by Gasteiger charge is -2.08. The fourth-order valence-electron chi connectivity index (χ4n) is 2.44. The van der Waals surface area contributed by atoms with Crippen molar-refractivity contribution in [2.24, 2.45) is 4.40 Å². The monoisotopic (exact) mass is 331 g/mol. The SMILES string of the molecule is Cc1ccc(C(=NSCc2ccccc2)c2ccc(C)cc2)cc1. The summed E-state index contributed by atoms with van der Waals surface area (Å²) in [6.07, 6.45) is 0. The van der Waals surface area contributed by atoms with Gasteiger partial charge in [-0.1, -0.05) is 90.0 Å². The van der Waals surface area contributed by atoms with Gasteiger partial charge in [0.1, 0.15) is 0 Å². The van der Waals surface area contributed by atoms with Crippen LogP contribution in [-0.2, 0) is 5.75 Å². The minimum atomic E-state index is 0.877. The van der Waals surface area contributed by atoms with Crippen molar-refractivity contribution in [3.63, 3.8) is 0 Å². The Morgan fingerprint density at radius 2 is 1.21 bits per heavy atom. The van der Waals surface area contributed by atoms with Crippen molar-refractivity contribution in [1.29, 1.82) is 0 Å². The summed E-state index contributed by atoms with van der Waals surface area (Å²) in [5.41, 5.74) is 7.17. The van der Waals surface area contributed by atoms with Gasteiger partial charge in [-0.3, -0.25) is 0 Å². The molecular weight excluding hydrogens is 310 g/mol. The van der Waals surface area contributed by atoms with Crippen LogP contribution in [0.5, 0.6) is 0 Å². The average Bonchev–Trinajstić information content (AvgIpc) is 2.62. The molecule has 0 atom stereocenters. The lowest BCUT2D eigenvalue weighted by Crippen LogP contribution is -2.02. The number of aryl methyl sites for hydroxylation is 2. The molecule has 1 nitrogen and oxygen atoms in total. The highest BCUT2D eigenvalue weighted by atomic mass is 32.2. The van der Waals surface area contributed by atoms with Gasteiger partial charge < -0.3 is 0 Å². The van der Waals surface area contributed by atoms with Crippen molar-refractivity contribution in [2.45, 2.75) is 19.6 Å². The van der Waals surface area contributed by atoms with Crippen LogP contribution in [0.25, 0.3) is 0 Å². The van der Waals surface area contributed by atoms with E-state index in [1.807, 2.05) is 6.07 Å². The number of hydrogen-bond donors (Lipinski definition) is 0. The molecule has 0 spiro atoms. The molecule has 0 aliphatic rings. The molecule has 3 aromatic carbocycles. The van der Waals surface area contributed by atoms with Gasteiger partial charge in [-0.05, 0) is 31.4 Å². The first-order chi connectivity index (χ1) is 11.7. The third-order valence-electron chi connectivity index (χ3n) is 3.88. The number of benzene rings is 3. The maximum atomic E-state index is 4.85. The molecule has 0 unspecified atom stereocenters. The summed E-state index contributed by atoms with van der Waals surface area (Å²) >= 11 is 1.60. The highest BCUT2D eigenvalue weighted by Crippen LogP contribution is 2.19. The summed E-state index contributed by atoms with van der Waals surface area (Å²) in [4.78, 5) is 0. The third kappa shape index (κ3) is 4.36. The van der Waals surface area contributed by atoms with Crippen LogP contribution in [0.4, 0.5) is 0 Å². The predicted molar refractivity (Wildman–Crippen MR) is 106 cm³/mol. The first kappa shape index (κ1) is 16.5. The molecule has 0 radical (unpaired) electrons. The molecule has 3 aromatic rings.